The van der Waals surface area contributed by atoms with Crippen molar-refractivity contribution < 1.29 is 14.3 Å². The van der Waals surface area contributed by atoms with Gasteiger partial charge in [-0.15, -0.1) is 0 Å². The second-order valence-electron chi connectivity index (χ2n) is 2.98. The van der Waals surface area contributed by atoms with Crippen LogP contribution in [-0.4, -0.2) is 18.4 Å². The van der Waals surface area contributed by atoms with Crippen LogP contribution < -0.4 is 10.1 Å². The number of carbonyl (C=O) groups is 2. The second-order valence-corrected chi connectivity index (χ2v) is 2.98. The molecule has 0 radical (unpaired) electrons. The molecule has 4 nitrogen and oxygen atoms in total. The van der Waals surface area contributed by atoms with Crippen LogP contribution in [0.3, 0.4) is 0 Å². The van der Waals surface area contributed by atoms with Crippen LogP contribution in [0.25, 0.3) is 0 Å². The van der Waals surface area contributed by atoms with Crippen LogP contribution in [0.1, 0.15) is 24.2 Å². The number of nitrogens with one attached hydrogen (secondary N) is 1. The standard InChI is InChI=1S/C11H13NO3/c1-3-12-11(14)9-5-4-6-10(7-9)15-8(2)13/h4-7H,3H2,1-2H3,(H,12,14). The highest BCUT2D eigenvalue weighted by atomic mass is 16.5. The summed E-state index contributed by atoms with van der Waals surface area (Å²) in [5, 5.41) is 2.66. The quantitative estimate of drug-likeness (QED) is 0.601. The normalized spacial score (nSPS) is 9.47. The van der Waals surface area contributed by atoms with Gasteiger partial charge in [0.2, 0.25) is 0 Å². The van der Waals surface area contributed by atoms with E-state index in [9.17, 15) is 9.59 Å². The molecular formula is C11H13NO3. The number of amides is 1. The highest BCUT2D eigenvalue weighted by Crippen LogP contribution is 2.13. The Bertz CT molecular complexity index is 374. The van der Waals surface area contributed by atoms with Crippen molar-refractivity contribution in [2.24, 2.45) is 0 Å². The minimum atomic E-state index is -0.400. The van der Waals surface area contributed by atoms with Crippen LogP contribution in [0.2, 0.25) is 0 Å². The van der Waals surface area contributed by atoms with E-state index in [1.165, 1.54) is 13.0 Å². The van der Waals surface area contributed by atoms with Crippen LogP contribution in [0.4, 0.5) is 0 Å². The molecule has 1 aromatic carbocycles. The first-order valence-corrected chi connectivity index (χ1v) is 4.70. The third-order valence-corrected chi connectivity index (χ3v) is 1.70. The minimum Gasteiger partial charge on any atom is -0.427 e. The maximum atomic E-state index is 11.4. The van der Waals surface area contributed by atoms with Gasteiger partial charge in [-0.25, -0.2) is 0 Å². The molecule has 0 aliphatic carbocycles. The lowest BCUT2D eigenvalue weighted by atomic mass is 10.2. The Hall–Kier alpha value is -1.84. The molecule has 0 aliphatic rings. The molecule has 0 aromatic heterocycles. The molecule has 0 atom stereocenters. The van der Waals surface area contributed by atoms with Gasteiger partial charge in [0.25, 0.3) is 5.91 Å². The third-order valence-electron chi connectivity index (χ3n) is 1.70. The van der Waals surface area contributed by atoms with E-state index in [-0.39, 0.29) is 5.91 Å². The number of carbonyl (C=O) groups excluding carboxylic acids is 2. The number of hydrogen-bond acceptors (Lipinski definition) is 3. The summed E-state index contributed by atoms with van der Waals surface area (Å²) in [5.74, 6) is -0.194. The van der Waals surface area contributed by atoms with Gasteiger partial charge in [-0.2, -0.15) is 0 Å². The summed E-state index contributed by atoms with van der Waals surface area (Å²) in [5.41, 5.74) is 0.482. The van der Waals surface area contributed by atoms with Crippen molar-refractivity contribution >= 4 is 11.9 Å². The van der Waals surface area contributed by atoms with Gasteiger partial charge in [0.15, 0.2) is 0 Å². The highest BCUT2D eigenvalue weighted by Gasteiger charge is 2.05. The lowest BCUT2D eigenvalue weighted by Crippen LogP contribution is -2.22. The fourth-order valence-electron chi connectivity index (χ4n) is 1.13. The summed E-state index contributed by atoms with van der Waals surface area (Å²) >= 11 is 0. The molecule has 0 fully saturated rings. The fourth-order valence-corrected chi connectivity index (χ4v) is 1.13. The summed E-state index contributed by atoms with van der Waals surface area (Å²) in [6.45, 7) is 3.73. The molecule has 0 saturated heterocycles. The number of rotatable bonds is 3. The van der Waals surface area contributed by atoms with E-state index in [4.69, 9.17) is 4.74 Å². The van der Waals surface area contributed by atoms with Gasteiger partial charge in [-0.1, -0.05) is 6.07 Å². The lowest BCUT2D eigenvalue weighted by Gasteiger charge is -2.04. The summed E-state index contributed by atoms with van der Waals surface area (Å²) in [6, 6.07) is 6.50. The molecule has 15 heavy (non-hydrogen) atoms. The Balaban J connectivity index is 2.82. The molecule has 1 rings (SSSR count). The van der Waals surface area contributed by atoms with Gasteiger partial charge >= 0.3 is 5.97 Å². The van der Waals surface area contributed by atoms with Gasteiger partial charge in [-0.05, 0) is 25.1 Å². The summed E-state index contributed by atoms with van der Waals surface area (Å²) in [4.78, 5) is 22.1. The summed E-state index contributed by atoms with van der Waals surface area (Å²) in [6.07, 6.45) is 0. The zero-order valence-electron chi connectivity index (χ0n) is 8.74. The largest absolute Gasteiger partial charge is 0.427 e. The molecule has 1 N–H and O–H groups in total. The molecule has 0 saturated carbocycles. The molecule has 80 valence electrons. The van der Waals surface area contributed by atoms with Crippen LogP contribution in [0.5, 0.6) is 5.75 Å². The second kappa shape index (κ2) is 5.14. The highest BCUT2D eigenvalue weighted by molar-refractivity contribution is 5.94. The molecule has 4 heteroatoms. The van der Waals surface area contributed by atoms with E-state index in [0.717, 1.165) is 0 Å². The molecule has 0 aliphatic heterocycles. The molecule has 0 bridgehead atoms. The summed E-state index contributed by atoms with van der Waals surface area (Å²) in [7, 11) is 0. The van der Waals surface area contributed by atoms with Gasteiger partial charge in [0.1, 0.15) is 5.75 Å². The van der Waals surface area contributed by atoms with Crippen LogP contribution >= 0.6 is 0 Å². The van der Waals surface area contributed by atoms with Crippen molar-refractivity contribution in [3.8, 4) is 5.75 Å². The molecular weight excluding hydrogens is 194 g/mol. The van der Waals surface area contributed by atoms with Crippen LogP contribution in [0.15, 0.2) is 24.3 Å². The van der Waals surface area contributed by atoms with Gasteiger partial charge in [0.05, 0.1) is 0 Å². The Labute approximate surface area is 88.2 Å². The maximum Gasteiger partial charge on any atom is 0.308 e. The molecule has 0 heterocycles. The van der Waals surface area contributed by atoms with Crippen molar-refractivity contribution in [2.75, 3.05) is 6.54 Å². The van der Waals surface area contributed by atoms with Gasteiger partial charge in [-0.3, -0.25) is 9.59 Å². The topological polar surface area (TPSA) is 55.4 Å². The Morgan fingerprint density at radius 3 is 2.73 bits per heavy atom. The minimum absolute atomic E-state index is 0.175. The monoisotopic (exact) mass is 207 g/mol. The molecule has 0 unspecified atom stereocenters. The number of ether oxygens (including phenoxy) is 1. The SMILES string of the molecule is CCNC(=O)c1cccc(OC(C)=O)c1. The van der Waals surface area contributed by atoms with Crippen LogP contribution in [0, 0.1) is 0 Å². The van der Waals surface area contributed by atoms with E-state index >= 15 is 0 Å². The first-order valence-electron chi connectivity index (χ1n) is 4.70. The summed E-state index contributed by atoms with van der Waals surface area (Å²) < 4.78 is 4.86. The predicted molar refractivity (Wildman–Crippen MR) is 55.8 cm³/mol. The van der Waals surface area contributed by atoms with E-state index in [1.807, 2.05) is 6.92 Å². The van der Waals surface area contributed by atoms with Crippen molar-refractivity contribution in [3.63, 3.8) is 0 Å². The van der Waals surface area contributed by atoms with Crippen molar-refractivity contribution in [2.45, 2.75) is 13.8 Å². The fraction of sp³-hybridized carbons (Fsp3) is 0.273. The first-order chi connectivity index (χ1) is 7.13. The van der Waals surface area contributed by atoms with Crippen molar-refractivity contribution in [3.05, 3.63) is 29.8 Å². The van der Waals surface area contributed by atoms with Crippen LogP contribution in [-0.2, 0) is 4.79 Å². The Kier molecular flexibility index (Phi) is 3.85. The molecule has 1 amide bonds. The Morgan fingerprint density at radius 1 is 1.40 bits per heavy atom. The van der Waals surface area contributed by atoms with E-state index < -0.39 is 5.97 Å². The molecule has 0 spiro atoms. The first kappa shape index (κ1) is 11.2. The third kappa shape index (κ3) is 3.42. The van der Waals surface area contributed by atoms with Gasteiger partial charge < -0.3 is 10.1 Å². The van der Waals surface area contributed by atoms with Crippen molar-refractivity contribution in [1.82, 2.24) is 5.32 Å². The number of hydrogen-bond donors (Lipinski definition) is 1. The van der Waals surface area contributed by atoms with E-state index in [1.54, 1.807) is 18.2 Å². The van der Waals surface area contributed by atoms with Crippen molar-refractivity contribution in [1.29, 1.82) is 0 Å². The maximum absolute atomic E-state index is 11.4. The van der Waals surface area contributed by atoms with Gasteiger partial charge in [0, 0.05) is 19.0 Å². The smallest absolute Gasteiger partial charge is 0.308 e. The number of benzene rings is 1. The van der Waals surface area contributed by atoms with E-state index in [0.29, 0.717) is 17.9 Å². The molecule has 1 aromatic rings. The number of esters is 1. The average molecular weight is 207 g/mol. The lowest BCUT2D eigenvalue weighted by molar-refractivity contribution is -0.131. The average Bonchev–Trinajstić information content (AvgIpc) is 2.17. The predicted octanol–water partition coefficient (Wildman–Crippen LogP) is 1.36. The van der Waals surface area contributed by atoms with E-state index in [2.05, 4.69) is 5.32 Å². The Morgan fingerprint density at radius 2 is 2.13 bits per heavy atom. The zero-order valence-corrected chi connectivity index (χ0v) is 8.74. The zero-order chi connectivity index (χ0) is 11.3.